The number of rotatable bonds is 16. The zero-order chi connectivity index (χ0) is 32.5. The molecule has 0 saturated heterocycles. The minimum atomic E-state index is -4.35. The first-order valence-electron chi connectivity index (χ1n) is 14.1. The second kappa shape index (κ2) is 14.7. The molecule has 4 aromatic rings. The third-order valence-corrected chi connectivity index (χ3v) is 8.74. The third-order valence-electron chi connectivity index (χ3n) is 7.43. The van der Waals surface area contributed by atoms with Crippen molar-refractivity contribution in [1.82, 2.24) is 5.32 Å². The molecule has 0 heterocycles. The quantitative estimate of drug-likeness (QED) is 0.0489. The van der Waals surface area contributed by atoms with Crippen molar-refractivity contribution in [2.75, 3.05) is 6.61 Å². The summed E-state index contributed by atoms with van der Waals surface area (Å²) < 4.78 is 30.1. The summed E-state index contributed by atoms with van der Waals surface area (Å²) in [5, 5.41) is 34.7. The molecule has 45 heavy (non-hydrogen) atoms. The Balaban J connectivity index is 1.57. The summed E-state index contributed by atoms with van der Waals surface area (Å²) in [6.07, 6.45) is -0.421. The van der Waals surface area contributed by atoms with Crippen molar-refractivity contribution in [3.05, 3.63) is 142 Å². The number of aliphatic carboxylic acids is 2. The smallest absolute Gasteiger partial charge is 0.320 e. The van der Waals surface area contributed by atoms with Crippen LogP contribution >= 0.6 is 0 Å². The molecule has 0 aliphatic carbocycles. The average molecular weight is 633 g/mol. The van der Waals surface area contributed by atoms with Gasteiger partial charge < -0.3 is 10.2 Å². The topological polar surface area (TPSA) is 173 Å². The van der Waals surface area contributed by atoms with Crippen LogP contribution in [-0.4, -0.2) is 48.1 Å². The molecule has 0 fully saturated rings. The molecule has 0 amide bonds. The molecule has 2 atom stereocenters. The summed E-state index contributed by atoms with van der Waals surface area (Å²) in [5.41, 5.74) is 0.669. The summed E-state index contributed by atoms with van der Waals surface area (Å²) >= 11 is 0. The van der Waals surface area contributed by atoms with Gasteiger partial charge in [0.25, 0.3) is 15.8 Å². The molecule has 11 nitrogen and oxygen atoms in total. The number of nitrogens with zero attached hydrogens (tertiary/aromatic N) is 1. The van der Waals surface area contributed by atoms with Crippen molar-refractivity contribution in [3.8, 4) is 0 Å². The average Bonchev–Trinajstić information content (AvgIpc) is 3.05. The van der Waals surface area contributed by atoms with Gasteiger partial charge in [-0.1, -0.05) is 97.1 Å². The highest BCUT2D eigenvalue weighted by Gasteiger charge is 2.41. The maximum Gasteiger partial charge on any atom is 0.320 e. The molecule has 0 aromatic heterocycles. The van der Waals surface area contributed by atoms with Crippen LogP contribution in [-0.2, 0) is 29.4 Å². The van der Waals surface area contributed by atoms with Crippen LogP contribution in [0.25, 0.3) is 0 Å². The van der Waals surface area contributed by atoms with Gasteiger partial charge in [-0.15, -0.1) is 0 Å². The van der Waals surface area contributed by atoms with Gasteiger partial charge in [0.2, 0.25) is 0 Å². The molecule has 0 unspecified atom stereocenters. The van der Waals surface area contributed by atoms with Gasteiger partial charge in [0, 0.05) is 12.1 Å². The van der Waals surface area contributed by atoms with E-state index < -0.39 is 61.7 Å². The largest absolute Gasteiger partial charge is 0.481 e. The van der Waals surface area contributed by atoms with Crippen LogP contribution < -0.4 is 5.32 Å². The Labute approximate surface area is 260 Å². The molecule has 3 N–H and O–H groups in total. The molecule has 4 rings (SSSR count). The fraction of sp³-hybridized carbons (Fsp3) is 0.212. The van der Waals surface area contributed by atoms with Crippen LogP contribution in [0.15, 0.2) is 120 Å². The Morgan fingerprint density at radius 1 is 0.800 bits per heavy atom. The zero-order valence-corrected chi connectivity index (χ0v) is 24.9. The lowest BCUT2D eigenvalue weighted by molar-refractivity contribution is -0.385. The van der Waals surface area contributed by atoms with Crippen LogP contribution in [0.4, 0.5) is 5.69 Å². The highest BCUT2D eigenvalue weighted by molar-refractivity contribution is 7.86. The van der Waals surface area contributed by atoms with E-state index in [-0.39, 0.29) is 19.3 Å². The Bertz CT molecular complexity index is 1620. The van der Waals surface area contributed by atoms with Gasteiger partial charge in [-0.2, -0.15) is 8.42 Å². The maximum absolute atomic E-state index is 12.7. The van der Waals surface area contributed by atoms with Crippen molar-refractivity contribution in [2.45, 2.75) is 35.7 Å². The Kier molecular flexibility index (Phi) is 10.8. The molecule has 0 aliphatic rings. The second-order valence-electron chi connectivity index (χ2n) is 10.3. The van der Waals surface area contributed by atoms with Crippen molar-refractivity contribution in [3.63, 3.8) is 0 Å². The minimum Gasteiger partial charge on any atom is -0.481 e. The molecule has 0 aliphatic heterocycles. The van der Waals surface area contributed by atoms with Gasteiger partial charge in [-0.3, -0.25) is 29.2 Å². The molecule has 0 saturated carbocycles. The molecule has 0 spiro atoms. The number of hydrogen-bond acceptors (Lipinski definition) is 8. The molecular weight excluding hydrogens is 600 g/mol. The van der Waals surface area contributed by atoms with Gasteiger partial charge in [0.1, 0.15) is 10.9 Å². The van der Waals surface area contributed by atoms with Crippen molar-refractivity contribution < 1.29 is 37.3 Å². The molecule has 234 valence electrons. The monoisotopic (exact) mass is 632 g/mol. The van der Waals surface area contributed by atoms with Crippen molar-refractivity contribution in [2.24, 2.45) is 5.92 Å². The third kappa shape index (κ3) is 7.98. The van der Waals surface area contributed by atoms with Crippen LogP contribution in [0.3, 0.4) is 0 Å². The number of carboxylic acids is 2. The van der Waals surface area contributed by atoms with E-state index in [0.29, 0.717) is 0 Å². The zero-order valence-electron chi connectivity index (χ0n) is 24.1. The second-order valence-corrected chi connectivity index (χ2v) is 11.9. The summed E-state index contributed by atoms with van der Waals surface area (Å²) in [6.45, 7) is -0.401. The van der Waals surface area contributed by atoms with Crippen molar-refractivity contribution in [1.29, 1.82) is 0 Å². The summed E-state index contributed by atoms with van der Waals surface area (Å²) in [6, 6.07) is 30.9. The maximum atomic E-state index is 12.7. The van der Waals surface area contributed by atoms with E-state index in [1.54, 1.807) is 0 Å². The SMILES string of the molecule is O=C(O)[C@@H](CCCOS(=O)(=O)c1cccc([N+](=O)[O-])c1)C[C@H](NC(c1ccccc1)(c1ccccc1)c1ccccc1)C(=O)O. The first-order valence-corrected chi connectivity index (χ1v) is 15.5. The first-order chi connectivity index (χ1) is 21.5. The highest BCUT2D eigenvalue weighted by Crippen LogP contribution is 2.38. The van der Waals surface area contributed by atoms with Gasteiger partial charge >= 0.3 is 11.9 Å². The molecule has 0 radical (unpaired) electrons. The van der Waals surface area contributed by atoms with E-state index in [0.717, 1.165) is 34.9 Å². The van der Waals surface area contributed by atoms with E-state index in [2.05, 4.69) is 5.32 Å². The van der Waals surface area contributed by atoms with E-state index in [9.17, 15) is 38.3 Å². The number of nitro groups is 1. The molecule has 4 aromatic carbocycles. The van der Waals surface area contributed by atoms with Crippen LogP contribution in [0.1, 0.15) is 36.0 Å². The number of nitro benzene ring substituents is 1. The highest BCUT2D eigenvalue weighted by atomic mass is 32.2. The fourth-order valence-electron chi connectivity index (χ4n) is 5.24. The predicted octanol–water partition coefficient (Wildman–Crippen LogP) is 5.21. The molecule has 12 heteroatoms. The van der Waals surface area contributed by atoms with Gasteiger partial charge in [-0.05, 0) is 42.0 Å². The number of carboxylic acid groups (broad SMARTS) is 2. The van der Waals surface area contributed by atoms with Crippen molar-refractivity contribution >= 4 is 27.7 Å². The van der Waals surface area contributed by atoms with E-state index in [1.807, 2.05) is 91.0 Å². The molecule has 0 bridgehead atoms. The predicted molar refractivity (Wildman–Crippen MR) is 165 cm³/mol. The lowest BCUT2D eigenvalue weighted by Gasteiger charge is -2.39. The number of carbonyl (C=O) groups is 2. The fourth-order valence-corrected chi connectivity index (χ4v) is 6.23. The number of hydrogen-bond donors (Lipinski definition) is 3. The summed E-state index contributed by atoms with van der Waals surface area (Å²) in [5.74, 6) is -3.66. The first kappa shape index (κ1) is 33.0. The van der Waals surface area contributed by atoms with Gasteiger partial charge in [0.15, 0.2) is 0 Å². The Morgan fingerprint density at radius 2 is 1.31 bits per heavy atom. The Morgan fingerprint density at radius 3 is 1.76 bits per heavy atom. The summed E-state index contributed by atoms with van der Waals surface area (Å²) in [7, 11) is -4.35. The van der Waals surface area contributed by atoms with E-state index in [1.165, 1.54) is 6.07 Å². The number of nitrogens with one attached hydrogen (secondary N) is 1. The van der Waals surface area contributed by atoms with Crippen LogP contribution in [0, 0.1) is 16.0 Å². The van der Waals surface area contributed by atoms with Gasteiger partial charge in [0.05, 0.1) is 23.0 Å². The van der Waals surface area contributed by atoms with Crippen LogP contribution in [0.2, 0.25) is 0 Å². The minimum absolute atomic E-state index is 0.0291. The number of benzene rings is 4. The van der Waals surface area contributed by atoms with Crippen LogP contribution in [0.5, 0.6) is 0 Å². The van der Waals surface area contributed by atoms with E-state index in [4.69, 9.17) is 4.18 Å². The number of non-ortho nitro benzene ring substituents is 1. The Hall–Kier alpha value is -4.91. The molecular formula is C33H32N2O9S. The standard InChI is InChI=1S/C33H32N2O9S/c36-31(37)24(12-11-21-44-45(42,43)29-20-10-19-28(23-29)35(40)41)22-30(32(38)39)34-33(25-13-4-1-5-14-25,26-15-6-2-7-16-26)27-17-8-3-9-18-27/h1-10,13-20,23-24,30,34H,11-12,21-22H2,(H,36,37)(H,38,39)/t24-,30-/m0/s1. The normalized spacial score (nSPS) is 13.1. The van der Waals surface area contributed by atoms with E-state index >= 15 is 0 Å². The lowest BCUT2D eigenvalue weighted by Crippen LogP contribution is -2.53. The van der Waals surface area contributed by atoms with Gasteiger partial charge in [-0.25, -0.2) is 0 Å². The lowest BCUT2D eigenvalue weighted by atomic mass is 9.76. The summed E-state index contributed by atoms with van der Waals surface area (Å²) in [4.78, 5) is 34.9.